The Morgan fingerprint density at radius 2 is 0.980 bits per heavy atom. The maximum Gasteiger partial charge on any atom is 0.135 e. The molecule has 5 aromatic carbocycles. The summed E-state index contributed by atoms with van der Waals surface area (Å²) < 4.78 is 30.3. The average molecular weight is 659 g/mol. The third-order valence-corrected chi connectivity index (χ3v) is 9.68. The molecule has 5 aromatic rings. The molecule has 1 heterocycles. The number of fused-ring (bicyclic) bond motifs is 2. The molecule has 0 spiro atoms. The molecule has 7 heteroatoms. The van der Waals surface area contributed by atoms with Gasteiger partial charge in [-0.05, 0) is 97.5 Å². The number of hydrogen-bond acceptors (Lipinski definition) is 7. The molecule has 0 aromatic heterocycles. The Hall–Kier alpha value is -5.30. The molecule has 0 radical (unpaired) electrons. The lowest BCUT2D eigenvalue weighted by molar-refractivity contribution is 0.215. The molecule has 0 atom stereocenters. The minimum Gasteiger partial charge on any atom is -0.508 e. The summed E-state index contributed by atoms with van der Waals surface area (Å²) in [6.07, 6.45) is 6.49. The first-order valence-corrected chi connectivity index (χ1v) is 17.1. The number of phenols is 2. The third kappa shape index (κ3) is 7.26. The van der Waals surface area contributed by atoms with E-state index in [9.17, 15) is 10.2 Å². The minimum atomic E-state index is -0.477. The van der Waals surface area contributed by atoms with Crippen LogP contribution in [-0.2, 0) is 5.41 Å². The smallest absolute Gasteiger partial charge is 0.135 e. The molecule has 1 saturated carbocycles. The number of aromatic hydroxyl groups is 2. The van der Waals surface area contributed by atoms with Crippen molar-refractivity contribution in [3.05, 3.63) is 131 Å². The fourth-order valence-electron chi connectivity index (χ4n) is 7.00. The minimum absolute atomic E-state index is 0.199. The van der Waals surface area contributed by atoms with Crippen LogP contribution in [0.15, 0.2) is 109 Å². The van der Waals surface area contributed by atoms with Crippen molar-refractivity contribution < 1.29 is 33.9 Å². The zero-order valence-electron chi connectivity index (χ0n) is 27.8. The van der Waals surface area contributed by atoms with Gasteiger partial charge in [-0.3, -0.25) is 0 Å². The van der Waals surface area contributed by atoms with Crippen molar-refractivity contribution in [3.63, 3.8) is 0 Å². The van der Waals surface area contributed by atoms with Gasteiger partial charge in [0.2, 0.25) is 0 Å². The molecule has 2 aliphatic rings. The number of benzene rings is 5. The van der Waals surface area contributed by atoms with E-state index in [1.165, 1.54) is 43.2 Å². The fourth-order valence-corrected chi connectivity index (χ4v) is 7.00. The van der Waals surface area contributed by atoms with Gasteiger partial charge in [0.15, 0.2) is 0 Å². The van der Waals surface area contributed by atoms with Crippen LogP contribution < -0.4 is 23.7 Å². The summed E-state index contributed by atoms with van der Waals surface area (Å²) in [4.78, 5) is 0. The van der Waals surface area contributed by atoms with Gasteiger partial charge in [0.25, 0.3) is 0 Å². The lowest BCUT2D eigenvalue weighted by Gasteiger charge is -2.38. The van der Waals surface area contributed by atoms with Crippen LogP contribution in [-0.4, -0.2) is 36.6 Å². The van der Waals surface area contributed by atoms with Crippen molar-refractivity contribution in [2.24, 2.45) is 0 Å². The van der Waals surface area contributed by atoms with E-state index >= 15 is 0 Å². The molecule has 1 aliphatic heterocycles. The van der Waals surface area contributed by atoms with E-state index in [1.807, 2.05) is 24.3 Å². The third-order valence-electron chi connectivity index (χ3n) is 9.68. The second kappa shape index (κ2) is 14.4. The predicted molar refractivity (Wildman–Crippen MR) is 189 cm³/mol. The van der Waals surface area contributed by atoms with Crippen molar-refractivity contribution in [1.82, 2.24) is 0 Å². The van der Waals surface area contributed by atoms with Crippen LogP contribution in [0.1, 0.15) is 67.2 Å². The molecule has 0 amide bonds. The van der Waals surface area contributed by atoms with Gasteiger partial charge in [-0.15, -0.1) is 0 Å². The molecule has 2 N–H and O–H groups in total. The van der Waals surface area contributed by atoms with Gasteiger partial charge >= 0.3 is 0 Å². The van der Waals surface area contributed by atoms with Crippen molar-refractivity contribution in [3.8, 4) is 46.0 Å². The van der Waals surface area contributed by atoms with Crippen LogP contribution in [0, 0.1) is 0 Å². The second-order valence-electron chi connectivity index (χ2n) is 12.9. The van der Waals surface area contributed by atoms with E-state index in [-0.39, 0.29) is 11.5 Å². The molecular formula is C42H42O7. The molecule has 1 aliphatic carbocycles. The van der Waals surface area contributed by atoms with E-state index in [0.29, 0.717) is 55.3 Å². The molecular weight excluding hydrogens is 616 g/mol. The normalized spacial score (nSPS) is 15.0. The van der Waals surface area contributed by atoms with Crippen molar-refractivity contribution >= 4 is 0 Å². The Morgan fingerprint density at radius 1 is 0.551 bits per heavy atom. The van der Waals surface area contributed by atoms with Crippen molar-refractivity contribution in [2.75, 3.05) is 26.4 Å². The SMILES string of the molecule is CC1(c2ccc(C3CCCCC3)cc2)c2ccc(OCCOc3ccc(O)cc3)cc2Oc2cc(OCCOc3ccc(O)cc3)ccc21. The van der Waals surface area contributed by atoms with Gasteiger partial charge in [-0.1, -0.05) is 55.7 Å². The highest BCUT2D eigenvalue weighted by Gasteiger charge is 2.40. The van der Waals surface area contributed by atoms with Gasteiger partial charge in [0.05, 0.1) is 0 Å². The van der Waals surface area contributed by atoms with E-state index in [1.54, 1.807) is 48.5 Å². The fraction of sp³-hybridized carbons (Fsp3) is 0.286. The first kappa shape index (κ1) is 32.3. The molecule has 0 unspecified atom stereocenters. The number of hydrogen-bond donors (Lipinski definition) is 2. The summed E-state index contributed by atoms with van der Waals surface area (Å²) in [5.41, 5.74) is 4.28. The highest BCUT2D eigenvalue weighted by atomic mass is 16.5. The topological polar surface area (TPSA) is 86.6 Å². The molecule has 7 rings (SSSR count). The molecule has 49 heavy (non-hydrogen) atoms. The zero-order chi connectivity index (χ0) is 33.6. The maximum atomic E-state index is 9.51. The van der Waals surface area contributed by atoms with Crippen LogP contribution in [0.2, 0.25) is 0 Å². The lowest BCUT2D eigenvalue weighted by Crippen LogP contribution is -2.29. The highest BCUT2D eigenvalue weighted by Crippen LogP contribution is 2.53. The summed E-state index contributed by atoms with van der Waals surface area (Å²) in [6.45, 7) is 3.67. The predicted octanol–water partition coefficient (Wildman–Crippen LogP) is 9.52. The first-order chi connectivity index (χ1) is 24.0. The standard InChI is InChI=1S/C42H42O7/c1-42(31-9-7-30(8-10-31)29-5-3-2-4-6-29)38-21-19-36(47-25-23-45-34-15-11-32(43)12-16-34)27-40(38)49-41-28-37(20-22-39(41)42)48-26-24-46-35-17-13-33(44)14-18-35/h7-22,27-29,43-44H,2-6,23-26H2,1H3. The number of ether oxygens (including phenoxy) is 5. The van der Waals surface area contributed by atoms with E-state index < -0.39 is 5.41 Å². The van der Waals surface area contributed by atoms with Crippen LogP contribution in [0.25, 0.3) is 0 Å². The average Bonchev–Trinajstić information content (AvgIpc) is 3.14. The van der Waals surface area contributed by atoms with Gasteiger partial charge in [0.1, 0.15) is 72.4 Å². The Labute approximate surface area is 287 Å². The van der Waals surface area contributed by atoms with Gasteiger partial charge in [-0.25, -0.2) is 0 Å². The first-order valence-electron chi connectivity index (χ1n) is 17.1. The van der Waals surface area contributed by atoms with Crippen LogP contribution in [0.5, 0.6) is 46.0 Å². The monoisotopic (exact) mass is 658 g/mol. The van der Waals surface area contributed by atoms with E-state index in [0.717, 1.165) is 22.6 Å². The summed E-state index contributed by atoms with van der Waals surface area (Å²) in [6, 6.07) is 34.6. The zero-order valence-corrected chi connectivity index (χ0v) is 27.8. The highest BCUT2D eigenvalue weighted by molar-refractivity contribution is 5.65. The van der Waals surface area contributed by atoms with Gasteiger partial charge < -0.3 is 33.9 Å². The molecule has 0 saturated heterocycles. The summed E-state index contributed by atoms with van der Waals surface area (Å²) in [5, 5.41) is 19.0. The summed E-state index contributed by atoms with van der Waals surface area (Å²) in [5.74, 6) is 5.21. The Kier molecular flexibility index (Phi) is 9.51. The second-order valence-corrected chi connectivity index (χ2v) is 12.9. The molecule has 7 nitrogen and oxygen atoms in total. The molecule has 1 fully saturated rings. The van der Waals surface area contributed by atoms with Crippen LogP contribution in [0.3, 0.4) is 0 Å². The Bertz CT molecular complexity index is 1740. The lowest BCUT2D eigenvalue weighted by atomic mass is 9.69. The summed E-state index contributed by atoms with van der Waals surface area (Å²) >= 11 is 0. The van der Waals surface area contributed by atoms with Crippen molar-refractivity contribution in [1.29, 1.82) is 0 Å². The number of rotatable bonds is 12. The van der Waals surface area contributed by atoms with E-state index in [2.05, 4.69) is 43.3 Å². The van der Waals surface area contributed by atoms with Crippen molar-refractivity contribution in [2.45, 2.75) is 50.4 Å². The quantitative estimate of drug-likeness (QED) is 0.129. The maximum absolute atomic E-state index is 9.51. The molecule has 0 bridgehead atoms. The number of phenolic OH excluding ortho intramolecular Hbond substituents is 2. The van der Waals surface area contributed by atoms with E-state index in [4.69, 9.17) is 23.7 Å². The van der Waals surface area contributed by atoms with Gasteiger partial charge in [-0.2, -0.15) is 0 Å². The van der Waals surface area contributed by atoms with Crippen LogP contribution in [0.4, 0.5) is 0 Å². The molecule has 252 valence electrons. The summed E-state index contributed by atoms with van der Waals surface area (Å²) in [7, 11) is 0. The van der Waals surface area contributed by atoms with Crippen LogP contribution >= 0.6 is 0 Å². The largest absolute Gasteiger partial charge is 0.508 e. The Balaban J connectivity index is 1.11. The van der Waals surface area contributed by atoms with Gasteiger partial charge in [0, 0.05) is 28.7 Å². The Morgan fingerprint density at radius 3 is 1.45 bits per heavy atom.